The number of thioether (sulfide) groups is 1. The van der Waals surface area contributed by atoms with E-state index in [1.165, 1.54) is 10.5 Å². The lowest BCUT2D eigenvalue weighted by Crippen LogP contribution is -2.33. The second-order valence-electron chi connectivity index (χ2n) is 5.07. The highest BCUT2D eigenvalue weighted by Crippen LogP contribution is 2.20. The molecule has 1 unspecified atom stereocenters. The molecule has 0 aliphatic carbocycles. The molecule has 0 spiro atoms. The van der Waals surface area contributed by atoms with Crippen LogP contribution >= 0.6 is 11.8 Å². The first-order valence-corrected chi connectivity index (χ1v) is 8.07. The van der Waals surface area contributed by atoms with Crippen molar-refractivity contribution in [2.24, 2.45) is 7.05 Å². The Morgan fingerprint density at radius 3 is 2.85 bits per heavy atom. The van der Waals surface area contributed by atoms with Crippen LogP contribution in [-0.2, 0) is 13.5 Å². The summed E-state index contributed by atoms with van der Waals surface area (Å²) in [7, 11) is 1.97. The molecule has 2 aromatic rings. The maximum absolute atomic E-state index is 4.47. The van der Waals surface area contributed by atoms with Crippen molar-refractivity contribution in [1.82, 2.24) is 15.1 Å². The second-order valence-corrected chi connectivity index (χ2v) is 6.16. The first-order valence-electron chi connectivity index (χ1n) is 7.08. The smallest absolute Gasteiger partial charge is 0.0640 e. The van der Waals surface area contributed by atoms with Crippen molar-refractivity contribution in [3.05, 3.63) is 47.8 Å². The Kier molecular flexibility index (Phi) is 5.68. The Hall–Kier alpha value is -1.26. The minimum absolute atomic E-state index is 0.459. The van der Waals surface area contributed by atoms with Crippen molar-refractivity contribution in [1.29, 1.82) is 0 Å². The highest BCUT2D eigenvalue weighted by molar-refractivity contribution is 7.99. The largest absolute Gasteiger partial charge is 0.313 e. The van der Waals surface area contributed by atoms with E-state index in [1.54, 1.807) is 0 Å². The highest BCUT2D eigenvalue weighted by atomic mass is 32.2. The molecule has 1 heterocycles. The molecule has 0 saturated heterocycles. The molecule has 1 aromatic carbocycles. The molecule has 108 valence electrons. The van der Waals surface area contributed by atoms with Crippen molar-refractivity contribution in [3.8, 4) is 0 Å². The van der Waals surface area contributed by atoms with Gasteiger partial charge in [-0.1, -0.05) is 24.6 Å². The van der Waals surface area contributed by atoms with Gasteiger partial charge in [0.2, 0.25) is 0 Å². The summed E-state index contributed by atoms with van der Waals surface area (Å²) >= 11 is 1.91. The predicted molar refractivity (Wildman–Crippen MR) is 86.3 cm³/mol. The van der Waals surface area contributed by atoms with Gasteiger partial charge in [-0.25, -0.2) is 0 Å². The van der Waals surface area contributed by atoms with E-state index in [0.29, 0.717) is 6.04 Å². The van der Waals surface area contributed by atoms with Crippen LogP contribution in [0.5, 0.6) is 0 Å². The number of likely N-dealkylation sites (N-methyl/N-ethyl adjacent to an activating group) is 1. The average Bonchev–Trinajstić information content (AvgIpc) is 2.82. The predicted octanol–water partition coefficient (Wildman–Crippen LogP) is 3.04. The van der Waals surface area contributed by atoms with E-state index >= 15 is 0 Å². The average molecular weight is 289 g/mol. The number of nitrogens with one attached hydrogen (secondary N) is 1. The van der Waals surface area contributed by atoms with Gasteiger partial charge in [0.1, 0.15) is 0 Å². The van der Waals surface area contributed by atoms with Crippen molar-refractivity contribution in [2.75, 3.05) is 12.3 Å². The normalized spacial score (nSPS) is 12.6. The van der Waals surface area contributed by atoms with Crippen LogP contribution in [-0.4, -0.2) is 28.1 Å². The molecule has 0 saturated carbocycles. The van der Waals surface area contributed by atoms with E-state index < -0.39 is 0 Å². The fourth-order valence-corrected chi connectivity index (χ4v) is 3.28. The quantitative estimate of drug-likeness (QED) is 0.795. The summed E-state index contributed by atoms with van der Waals surface area (Å²) in [6.07, 6.45) is 2.99. The number of hydrogen-bond donors (Lipinski definition) is 1. The number of nitrogens with zero attached hydrogens (tertiary/aromatic N) is 2. The minimum atomic E-state index is 0.459. The van der Waals surface area contributed by atoms with Gasteiger partial charge in [-0.2, -0.15) is 5.10 Å². The Morgan fingerprint density at radius 1 is 1.35 bits per heavy atom. The van der Waals surface area contributed by atoms with E-state index in [0.717, 1.165) is 24.4 Å². The van der Waals surface area contributed by atoms with Crippen molar-refractivity contribution in [2.45, 2.75) is 31.2 Å². The molecule has 1 aromatic heterocycles. The Morgan fingerprint density at radius 2 is 2.20 bits per heavy atom. The third-order valence-electron chi connectivity index (χ3n) is 3.16. The third-order valence-corrected chi connectivity index (χ3v) is 4.31. The summed E-state index contributed by atoms with van der Waals surface area (Å²) < 4.78 is 1.87. The molecule has 2 rings (SSSR count). The molecule has 0 aliphatic rings. The molecule has 0 fully saturated rings. The Bertz CT molecular complexity index is 536. The molecule has 20 heavy (non-hydrogen) atoms. The van der Waals surface area contributed by atoms with Gasteiger partial charge in [-0.05, 0) is 31.7 Å². The van der Waals surface area contributed by atoms with Crippen molar-refractivity contribution in [3.63, 3.8) is 0 Å². The van der Waals surface area contributed by atoms with Gasteiger partial charge in [-0.15, -0.1) is 11.8 Å². The van der Waals surface area contributed by atoms with Gasteiger partial charge >= 0.3 is 0 Å². The second kappa shape index (κ2) is 7.50. The molecule has 4 heteroatoms. The van der Waals surface area contributed by atoms with Gasteiger partial charge in [0, 0.05) is 36.4 Å². The zero-order valence-corrected chi connectivity index (χ0v) is 13.3. The fraction of sp³-hybridized carbons (Fsp3) is 0.438. The molecule has 0 aliphatic heterocycles. The maximum atomic E-state index is 4.47. The molecule has 1 atom stereocenters. The van der Waals surface area contributed by atoms with Crippen LogP contribution in [0.4, 0.5) is 0 Å². The molecule has 1 N–H and O–H groups in total. The number of rotatable bonds is 7. The molecule has 0 radical (unpaired) electrons. The van der Waals surface area contributed by atoms with E-state index in [9.17, 15) is 0 Å². The molecular formula is C16H23N3S. The SMILES string of the molecule is CCNC(CSc1cccc(C)c1)Cc1ccn(C)n1. The van der Waals surface area contributed by atoms with Crippen LogP contribution in [0.25, 0.3) is 0 Å². The lowest BCUT2D eigenvalue weighted by Gasteiger charge is -2.16. The van der Waals surface area contributed by atoms with Crippen LogP contribution in [0, 0.1) is 6.92 Å². The zero-order chi connectivity index (χ0) is 14.4. The van der Waals surface area contributed by atoms with E-state index in [4.69, 9.17) is 0 Å². The molecular weight excluding hydrogens is 266 g/mol. The standard InChI is InChI=1S/C16H23N3S/c1-4-17-15(11-14-8-9-19(3)18-14)12-20-16-7-5-6-13(2)10-16/h5-10,15,17H,4,11-12H2,1-3H3. The summed E-state index contributed by atoms with van der Waals surface area (Å²) in [5.74, 6) is 1.06. The lowest BCUT2D eigenvalue weighted by atomic mass is 10.2. The van der Waals surface area contributed by atoms with Crippen LogP contribution in [0.1, 0.15) is 18.2 Å². The molecule has 3 nitrogen and oxygen atoms in total. The number of aromatic nitrogens is 2. The van der Waals surface area contributed by atoms with Gasteiger partial charge in [0.05, 0.1) is 5.69 Å². The highest BCUT2D eigenvalue weighted by Gasteiger charge is 2.11. The third kappa shape index (κ3) is 4.69. The lowest BCUT2D eigenvalue weighted by molar-refractivity contribution is 0.561. The Balaban J connectivity index is 1.91. The van der Waals surface area contributed by atoms with Crippen LogP contribution in [0.15, 0.2) is 41.4 Å². The van der Waals surface area contributed by atoms with Crippen molar-refractivity contribution >= 4 is 11.8 Å². The topological polar surface area (TPSA) is 29.9 Å². The summed E-state index contributed by atoms with van der Waals surface area (Å²) in [6, 6.07) is 11.2. The van der Waals surface area contributed by atoms with Crippen LogP contribution < -0.4 is 5.32 Å². The van der Waals surface area contributed by atoms with E-state index in [1.807, 2.05) is 29.7 Å². The monoisotopic (exact) mass is 289 g/mol. The first-order chi connectivity index (χ1) is 9.67. The fourth-order valence-electron chi connectivity index (χ4n) is 2.21. The van der Waals surface area contributed by atoms with Crippen LogP contribution in [0.2, 0.25) is 0 Å². The zero-order valence-electron chi connectivity index (χ0n) is 12.5. The van der Waals surface area contributed by atoms with Gasteiger partial charge in [0.25, 0.3) is 0 Å². The van der Waals surface area contributed by atoms with Crippen molar-refractivity contribution < 1.29 is 0 Å². The molecule has 0 bridgehead atoms. The Labute approximate surface area is 125 Å². The summed E-state index contributed by atoms with van der Waals surface area (Å²) in [6.45, 7) is 5.29. The van der Waals surface area contributed by atoms with Crippen LogP contribution in [0.3, 0.4) is 0 Å². The maximum Gasteiger partial charge on any atom is 0.0640 e. The number of hydrogen-bond acceptors (Lipinski definition) is 3. The summed E-state index contributed by atoms with van der Waals surface area (Å²) in [4.78, 5) is 1.34. The first kappa shape index (κ1) is 15.1. The summed E-state index contributed by atoms with van der Waals surface area (Å²) in [5.41, 5.74) is 2.48. The minimum Gasteiger partial charge on any atom is -0.313 e. The van der Waals surface area contributed by atoms with Gasteiger partial charge < -0.3 is 5.32 Å². The van der Waals surface area contributed by atoms with Gasteiger partial charge in [-0.3, -0.25) is 4.68 Å². The molecule has 0 amide bonds. The van der Waals surface area contributed by atoms with Gasteiger partial charge in [0.15, 0.2) is 0 Å². The number of benzene rings is 1. The van der Waals surface area contributed by atoms with E-state index in [2.05, 4.69) is 54.6 Å². The summed E-state index contributed by atoms with van der Waals surface area (Å²) in [5, 5.41) is 8.02. The number of aryl methyl sites for hydroxylation is 2. The van der Waals surface area contributed by atoms with E-state index in [-0.39, 0.29) is 0 Å².